The van der Waals surface area contributed by atoms with Crippen molar-refractivity contribution in [3.63, 3.8) is 0 Å². The third-order valence-corrected chi connectivity index (χ3v) is 6.70. The zero-order valence-electron chi connectivity index (χ0n) is 17.1. The minimum Gasteiger partial charge on any atom is -0.442 e. The quantitative estimate of drug-likeness (QED) is 0.733. The maximum absolute atomic E-state index is 12.8. The number of carbonyl (C=O) groups excluding carboxylic acids is 1. The molecule has 1 unspecified atom stereocenters. The van der Waals surface area contributed by atoms with Gasteiger partial charge in [-0.05, 0) is 63.6 Å². The van der Waals surface area contributed by atoms with Crippen molar-refractivity contribution >= 4 is 15.9 Å². The van der Waals surface area contributed by atoms with Gasteiger partial charge in [0, 0.05) is 6.54 Å². The molecule has 28 heavy (non-hydrogen) atoms. The van der Waals surface area contributed by atoms with E-state index in [1.165, 1.54) is 12.5 Å². The van der Waals surface area contributed by atoms with E-state index in [0.717, 1.165) is 25.7 Å². The van der Waals surface area contributed by atoms with Gasteiger partial charge < -0.3 is 9.84 Å². The maximum atomic E-state index is 12.8. The molecule has 2 rings (SSSR count). The number of aliphatic hydroxyl groups excluding tert-OH is 1. The Morgan fingerprint density at radius 1 is 1.25 bits per heavy atom. The molecular weight excluding hydrogens is 378 g/mol. The number of sulfone groups is 1. The molecule has 1 aliphatic rings. The molecule has 0 spiro atoms. The van der Waals surface area contributed by atoms with Crippen LogP contribution < -0.4 is 5.32 Å². The van der Waals surface area contributed by atoms with Crippen LogP contribution in [-0.2, 0) is 14.6 Å². The fourth-order valence-corrected chi connectivity index (χ4v) is 5.16. The number of aliphatic hydroxyl groups is 1. The molecule has 1 N–H and O–H groups in total. The van der Waals surface area contributed by atoms with Gasteiger partial charge in [0.15, 0.2) is 9.84 Å². The van der Waals surface area contributed by atoms with Crippen LogP contribution in [-0.4, -0.2) is 37.5 Å². The summed E-state index contributed by atoms with van der Waals surface area (Å²) in [6, 6.07) is 6.46. The van der Waals surface area contributed by atoms with Crippen LogP contribution in [0.2, 0.25) is 0 Å². The highest BCUT2D eigenvalue weighted by atomic mass is 32.2. The second kappa shape index (κ2) is 9.74. The van der Waals surface area contributed by atoms with Gasteiger partial charge in [-0.3, -0.25) is 0 Å². The SMILES string of the molecule is CC(C)(C)OC(=O)[N]CCC(O)c1cccc(S(=O)(=O)CC2CCCCC2)c1. The van der Waals surface area contributed by atoms with Crippen molar-refractivity contribution in [3.8, 4) is 0 Å². The molecule has 1 fully saturated rings. The average Bonchev–Trinajstić information content (AvgIpc) is 2.60. The Bertz CT molecular complexity index is 748. The van der Waals surface area contributed by atoms with Gasteiger partial charge >= 0.3 is 6.09 Å². The molecule has 157 valence electrons. The van der Waals surface area contributed by atoms with Crippen molar-refractivity contribution in [3.05, 3.63) is 29.8 Å². The van der Waals surface area contributed by atoms with Crippen LogP contribution in [0, 0.1) is 5.92 Å². The molecule has 0 bridgehead atoms. The standard InChI is InChI=1S/C21H32NO5S/c1-21(2,3)27-20(24)22-13-12-19(23)17-10-7-11-18(14-17)28(25,26)15-16-8-5-4-6-9-16/h7,10-11,14,16,19,23H,4-6,8-9,12-13,15H2,1-3H3. The Balaban J connectivity index is 1.93. The predicted octanol–water partition coefficient (Wildman–Crippen LogP) is 4.00. The van der Waals surface area contributed by atoms with Gasteiger partial charge in [-0.1, -0.05) is 31.4 Å². The van der Waals surface area contributed by atoms with Crippen molar-refractivity contribution < 1.29 is 23.1 Å². The number of hydrogen-bond acceptors (Lipinski definition) is 5. The Morgan fingerprint density at radius 3 is 2.57 bits per heavy atom. The van der Waals surface area contributed by atoms with Gasteiger partial charge in [0.25, 0.3) is 0 Å². The van der Waals surface area contributed by atoms with E-state index in [9.17, 15) is 18.3 Å². The van der Waals surface area contributed by atoms with Crippen molar-refractivity contribution in [2.75, 3.05) is 12.3 Å². The summed E-state index contributed by atoms with van der Waals surface area (Å²) >= 11 is 0. The zero-order valence-corrected chi connectivity index (χ0v) is 17.9. The Labute approximate surface area is 168 Å². The minimum absolute atomic E-state index is 0.106. The van der Waals surface area contributed by atoms with Crippen LogP contribution in [0.3, 0.4) is 0 Å². The molecular formula is C21H32NO5S. The largest absolute Gasteiger partial charge is 0.442 e. The van der Waals surface area contributed by atoms with Crippen LogP contribution in [0.15, 0.2) is 29.2 Å². The topological polar surface area (TPSA) is 94.8 Å². The molecule has 7 heteroatoms. The Hall–Kier alpha value is -1.60. The highest BCUT2D eigenvalue weighted by Crippen LogP contribution is 2.28. The lowest BCUT2D eigenvalue weighted by Gasteiger charge is -2.21. The fraction of sp³-hybridized carbons (Fsp3) is 0.667. The molecule has 0 heterocycles. The number of benzene rings is 1. The van der Waals surface area contributed by atoms with Gasteiger partial charge in [0.1, 0.15) is 5.60 Å². The van der Waals surface area contributed by atoms with Gasteiger partial charge in [0.05, 0.1) is 16.8 Å². The molecule has 1 atom stereocenters. The Kier molecular flexibility index (Phi) is 7.89. The molecule has 1 aromatic carbocycles. The number of rotatable bonds is 7. The van der Waals surface area contributed by atoms with Crippen LogP contribution in [0.4, 0.5) is 4.79 Å². The summed E-state index contributed by atoms with van der Waals surface area (Å²) < 4.78 is 30.6. The molecule has 6 nitrogen and oxygen atoms in total. The van der Waals surface area contributed by atoms with E-state index in [4.69, 9.17) is 4.74 Å². The molecule has 0 saturated heterocycles. The van der Waals surface area contributed by atoms with Gasteiger partial charge in [-0.25, -0.2) is 18.5 Å². The lowest BCUT2D eigenvalue weighted by Crippen LogP contribution is -2.29. The van der Waals surface area contributed by atoms with Crippen LogP contribution >= 0.6 is 0 Å². The van der Waals surface area contributed by atoms with Gasteiger partial charge in [-0.15, -0.1) is 0 Å². The second-order valence-corrected chi connectivity index (χ2v) is 10.6. The van der Waals surface area contributed by atoms with Crippen molar-refractivity contribution in [2.45, 2.75) is 75.9 Å². The van der Waals surface area contributed by atoms with Crippen LogP contribution in [0.1, 0.15) is 71.0 Å². The summed E-state index contributed by atoms with van der Waals surface area (Å²) in [6.45, 7) is 5.38. The van der Waals surface area contributed by atoms with Gasteiger partial charge in [-0.2, -0.15) is 0 Å². The summed E-state index contributed by atoms with van der Waals surface area (Å²) in [5.74, 6) is 0.389. The molecule has 1 aromatic rings. The fourth-order valence-electron chi connectivity index (χ4n) is 3.41. The van der Waals surface area contributed by atoms with E-state index in [1.54, 1.807) is 39.0 Å². The highest BCUT2D eigenvalue weighted by Gasteiger charge is 2.24. The molecule has 1 amide bonds. The summed E-state index contributed by atoms with van der Waals surface area (Å²) in [6.07, 6.45) is 3.97. The smallest absolute Gasteiger partial charge is 0.429 e. The average molecular weight is 411 g/mol. The predicted molar refractivity (Wildman–Crippen MR) is 108 cm³/mol. The van der Waals surface area contributed by atoms with E-state index in [2.05, 4.69) is 5.32 Å². The summed E-state index contributed by atoms with van der Waals surface area (Å²) in [5.41, 5.74) is -0.0932. The molecule has 1 radical (unpaired) electrons. The number of amides is 1. The normalized spacial score (nSPS) is 17.1. The highest BCUT2D eigenvalue weighted by molar-refractivity contribution is 7.91. The van der Waals surface area contributed by atoms with Crippen LogP contribution in [0.25, 0.3) is 0 Å². The number of hydrogen-bond donors (Lipinski definition) is 1. The van der Waals surface area contributed by atoms with Crippen molar-refractivity contribution in [1.29, 1.82) is 0 Å². The monoisotopic (exact) mass is 410 g/mol. The molecule has 0 aromatic heterocycles. The lowest BCUT2D eigenvalue weighted by atomic mass is 9.91. The maximum Gasteiger partial charge on any atom is 0.429 e. The third-order valence-electron chi connectivity index (χ3n) is 4.82. The van der Waals surface area contributed by atoms with E-state index in [1.807, 2.05) is 0 Å². The van der Waals surface area contributed by atoms with Crippen molar-refractivity contribution in [2.24, 2.45) is 5.92 Å². The van der Waals surface area contributed by atoms with E-state index in [-0.39, 0.29) is 29.5 Å². The minimum atomic E-state index is -3.38. The zero-order chi connectivity index (χ0) is 20.8. The molecule has 1 aliphatic carbocycles. The molecule has 0 aliphatic heterocycles. The first-order chi connectivity index (χ1) is 13.1. The summed E-state index contributed by atoms with van der Waals surface area (Å²) in [4.78, 5) is 11.9. The summed E-state index contributed by atoms with van der Waals surface area (Å²) in [5, 5.41) is 14.2. The van der Waals surface area contributed by atoms with Gasteiger partial charge in [0.2, 0.25) is 0 Å². The number of carbonyl (C=O) groups is 1. The second-order valence-electron chi connectivity index (χ2n) is 8.52. The first-order valence-corrected chi connectivity index (χ1v) is 11.6. The summed E-state index contributed by atoms with van der Waals surface area (Å²) in [7, 11) is -3.38. The lowest BCUT2D eigenvalue weighted by molar-refractivity contribution is 0.0510. The Morgan fingerprint density at radius 2 is 1.93 bits per heavy atom. The van der Waals surface area contributed by atoms with Crippen LogP contribution in [0.5, 0.6) is 0 Å². The van der Waals surface area contributed by atoms with Crippen molar-refractivity contribution in [1.82, 2.24) is 5.32 Å². The molecule has 1 saturated carbocycles. The van der Waals surface area contributed by atoms with E-state index in [0.29, 0.717) is 5.56 Å². The van der Waals surface area contributed by atoms with E-state index < -0.39 is 27.6 Å². The third kappa shape index (κ3) is 7.43. The number of nitrogens with zero attached hydrogens (tertiary/aromatic N) is 1. The van der Waals surface area contributed by atoms with E-state index >= 15 is 0 Å². The first-order valence-electron chi connectivity index (χ1n) is 9.98. The first kappa shape index (κ1) is 22.7. The number of ether oxygens (including phenoxy) is 1.